The lowest BCUT2D eigenvalue weighted by atomic mass is 10.1. The van der Waals surface area contributed by atoms with Crippen LogP contribution in [0.5, 0.6) is 11.5 Å². The van der Waals surface area contributed by atoms with Gasteiger partial charge in [0.1, 0.15) is 0 Å². The molecule has 0 aliphatic heterocycles. The van der Waals surface area contributed by atoms with Crippen molar-refractivity contribution in [2.45, 2.75) is 6.42 Å². The molecule has 0 saturated heterocycles. The molecule has 16 heavy (non-hydrogen) atoms. The summed E-state index contributed by atoms with van der Waals surface area (Å²) in [6, 6.07) is 7.49. The van der Waals surface area contributed by atoms with Crippen LogP contribution in [-0.4, -0.2) is 32.0 Å². The van der Waals surface area contributed by atoms with Crippen molar-refractivity contribution in [3.8, 4) is 11.5 Å². The van der Waals surface area contributed by atoms with E-state index in [0.29, 0.717) is 13.2 Å². The molecule has 0 heterocycles. The van der Waals surface area contributed by atoms with Gasteiger partial charge in [-0.15, -0.1) is 0 Å². The maximum Gasteiger partial charge on any atom is 0.161 e. The third kappa shape index (κ3) is 3.72. The molecule has 0 aromatic heterocycles. The largest absolute Gasteiger partial charge is 0.493 e. The standard InChI is InChI=1S/C12H19NO3/c1-15-11-4-2-3-5-12(11)16-7-6-10(8-13)9-14/h2-5,10,14H,6-9,13H2,1H3. The van der Waals surface area contributed by atoms with Crippen LogP contribution in [0.15, 0.2) is 24.3 Å². The van der Waals surface area contributed by atoms with E-state index in [2.05, 4.69) is 0 Å². The lowest BCUT2D eigenvalue weighted by Gasteiger charge is -2.13. The smallest absolute Gasteiger partial charge is 0.161 e. The first kappa shape index (κ1) is 12.8. The molecular formula is C12H19NO3. The summed E-state index contributed by atoms with van der Waals surface area (Å²) in [4.78, 5) is 0. The topological polar surface area (TPSA) is 64.7 Å². The Morgan fingerprint density at radius 3 is 2.56 bits per heavy atom. The molecule has 1 aromatic rings. The van der Waals surface area contributed by atoms with E-state index < -0.39 is 0 Å². The fourth-order valence-corrected chi connectivity index (χ4v) is 1.36. The van der Waals surface area contributed by atoms with E-state index in [4.69, 9.17) is 20.3 Å². The van der Waals surface area contributed by atoms with Crippen molar-refractivity contribution in [3.63, 3.8) is 0 Å². The number of hydrogen-bond donors (Lipinski definition) is 2. The SMILES string of the molecule is COc1ccccc1OCCC(CN)CO. The minimum Gasteiger partial charge on any atom is -0.493 e. The Kier molecular flexibility index (Phi) is 5.67. The Hall–Kier alpha value is -1.26. The van der Waals surface area contributed by atoms with E-state index in [1.807, 2.05) is 24.3 Å². The van der Waals surface area contributed by atoms with Gasteiger partial charge in [0.25, 0.3) is 0 Å². The van der Waals surface area contributed by atoms with Gasteiger partial charge in [0.05, 0.1) is 13.7 Å². The highest BCUT2D eigenvalue weighted by Crippen LogP contribution is 2.25. The number of rotatable bonds is 7. The van der Waals surface area contributed by atoms with Gasteiger partial charge in [-0.2, -0.15) is 0 Å². The zero-order valence-electron chi connectivity index (χ0n) is 9.56. The van der Waals surface area contributed by atoms with Crippen LogP contribution in [0.3, 0.4) is 0 Å². The Balaban J connectivity index is 2.42. The molecule has 1 rings (SSSR count). The minimum absolute atomic E-state index is 0.103. The van der Waals surface area contributed by atoms with Gasteiger partial charge in [0, 0.05) is 6.61 Å². The molecule has 90 valence electrons. The van der Waals surface area contributed by atoms with E-state index in [9.17, 15) is 0 Å². The van der Waals surface area contributed by atoms with Crippen molar-refractivity contribution >= 4 is 0 Å². The van der Waals surface area contributed by atoms with Crippen LogP contribution in [0.4, 0.5) is 0 Å². The van der Waals surface area contributed by atoms with Crippen LogP contribution in [0.25, 0.3) is 0 Å². The average Bonchev–Trinajstić information content (AvgIpc) is 2.35. The summed E-state index contributed by atoms with van der Waals surface area (Å²) in [5, 5.41) is 8.96. The molecule has 1 atom stereocenters. The van der Waals surface area contributed by atoms with Crippen LogP contribution < -0.4 is 15.2 Å². The summed E-state index contributed by atoms with van der Waals surface area (Å²) in [5.41, 5.74) is 5.48. The molecule has 0 aliphatic rings. The van der Waals surface area contributed by atoms with Gasteiger partial charge in [-0.25, -0.2) is 0 Å². The van der Waals surface area contributed by atoms with Crippen LogP contribution in [0.1, 0.15) is 6.42 Å². The molecule has 1 unspecified atom stereocenters. The summed E-state index contributed by atoms with van der Waals surface area (Å²) in [6.45, 7) is 1.11. The fourth-order valence-electron chi connectivity index (χ4n) is 1.36. The molecule has 0 bridgehead atoms. The average molecular weight is 225 g/mol. The molecular weight excluding hydrogens is 206 g/mol. The fraction of sp³-hybridized carbons (Fsp3) is 0.500. The van der Waals surface area contributed by atoms with E-state index in [0.717, 1.165) is 17.9 Å². The summed E-state index contributed by atoms with van der Waals surface area (Å²) in [7, 11) is 1.61. The Bertz CT molecular complexity index is 300. The van der Waals surface area contributed by atoms with E-state index in [-0.39, 0.29) is 12.5 Å². The maximum atomic E-state index is 8.96. The van der Waals surface area contributed by atoms with Crippen molar-refractivity contribution in [2.24, 2.45) is 11.7 Å². The maximum absolute atomic E-state index is 8.96. The van der Waals surface area contributed by atoms with Gasteiger partial charge in [-0.1, -0.05) is 12.1 Å². The number of aliphatic hydroxyl groups excluding tert-OH is 1. The highest BCUT2D eigenvalue weighted by Gasteiger charge is 2.06. The number of ether oxygens (including phenoxy) is 2. The zero-order valence-corrected chi connectivity index (χ0v) is 9.56. The number of nitrogens with two attached hydrogens (primary N) is 1. The van der Waals surface area contributed by atoms with Crippen LogP contribution in [0.2, 0.25) is 0 Å². The number of methoxy groups -OCH3 is 1. The van der Waals surface area contributed by atoms with E-state index >= 15 is 0 Å². The zero-order chi connectivity index (χ0) is 11.8. The quantitative estimate of drug-likeness (QED) is 0.727. The molecule has 0 aliphatic carbocycles. The minimum atomic E-state index is 0.103. The van der Waals surface area contributed by atoms with Crippen molar-refractivity contribution in [2.75, 3.05) is 26.9 Å². The lowest BCUT2D eigenvalue weighted by molar-refractivity contribution is 0.193. The molecule has 1 aromatic carbocycles. The second-order valence-corrected chi connectivity index (χ2v) is 3.57. The Morgan fingerprint density at radius 1 is 1.31 bits per heavy atom. The van der Waals surface area contributed by atoms with Gasteiger partial charge in [-0.3, -0.25) is 0 Å². The number of para-hydroxylation sites is 2. The predicted octanol–water partition coefficient (Wildman–Crippen LogP) is 1.03. The summed E-state index contributed by atoms with van der Waals surface area (Å²) < 4.78 is 10.7. The van der Waals surface area contributed by atoms with Crippen LogP contribution in [-0.2, 0) is 0 Å². The first-order chi connectivity index (χ1) is 7.81. The van der Waals surface area contributed by atoms with Crippen molar-refractivity contribution in [1.29, 1.82) is 0 Å². The second-order valence-electron chi connectivity index (χ2n) is 3.57. The summed E-state index contributed by atoms with van der Waals surface area (Å²) >= 11 is 0. The van der Waals surface area contributed by atoms with Crippen molar-refractivity contribution in [3.05, 3.63) is 24.3 Å². The number of hydrogen-bond acceptors (Lipinski definition) is 4. The molecule has 0 saturated carbocycles. The van der Waals surface area contributed by atoms with Gasteiger partial charge in [0.15, 0.2) is 11.5 Å². The highest BCUT2D eigenvalue weighted by molar-refractivity contribution is 5.39. The molecule has 0 radical (unpaired) electrons. The first-order valence-corrected chi connectivity index (χ1v) is 5.38. The molecule has 0 spiro atoms. The molecule has 0 fully saturated rings. The highest BCUT2D eigenvalue weighted by atomic mass is 16.5. The van der Waals surface area contributed by atoms with Gasteiger partial charge >= 0.3 is 0 Å². The first-order valence-electron chi connectivity index (χ1n) is 5.38. The van der Waals surface area contributed by atoms with E-state index in [1.54, 1.807) is 7.11 Å². The van der Waals surface area contributed by atoms with Crippen LogP contribution in [0, 0.1) is 5.92 Å². The van der Waals surface area contributed by atoms with Gasteiger partial charge in [0.2, 0.25) is 0 Å². The third-order valence-corrected chi connectivity index (χ3v) is 2.44. The Morgan fingerprint density at radius 2 is 2.00 bits per heavy atom. The molecule has 3 N–H and O–H groups in total. The van der Waals surface area contributed by atoms with Gasteiger partial charge in [-0.05, 0) is 31.0 Å². The summed E-state index contributed by atoms with van der Waals surface area (Å²) in [6.07, 6.45) is 0.741. The van der Waals surface area contributed by atoms with E-state index in [1.165, 1.54) is 0 Å². The normalized spacial score (nSPS) is 12.2. The molecule has 4 heteroatoms. The number of aliphatic hydroxyl groups is 1. The van der Waals surface area contributed by atoms with Gasteiger partial charge < -0.3 is 20.3 Å². The lowest BCUT2D eigenvalue weighted by Crippen LogP contribution is -2.20. The number of benzene rings is 1. The second kappa shape index (κ2) is 7.09. The third-order valence-electron chi connectivity index (χ3n) is 2.44. The Labute approximate surface area is 96.0 Å². The van der Waals surface area contributed by atoms with Crippen molar-refractivity contribution < 1.29 is 14.6 Å². The molecule has 0 amide bonds. The monoisotopic (exact) mass is 225 g/mol. The molecule has 4 nitrogen and oxygen atoms in total. The summed E-state index contributed by atoms with van der Waals surface area (Å²) in [5.74, 6) is 1.55. The predicted molar refractivity (Wildman–Crippen MR) is 62.7 cm³/mol. The van der Waals surface area contributed by atoms with Crippen molar-refractivity contribution in [1.82, 2.24) is 0 Å². The van der Waals surface area contributed by atoms with Crippen LogP contribution >= 0.6 is 0 Å².